The van der Waals surface area contributed by atoms with E-state index in [2.05, 4.69) is 20.3 Å². The fourth-order valence-corrected chi connectivity index (χ4v) is 3.59. The molecule has 0 aliphatic carbocycles. The maximum Gasteiger partial charge on any atom is 0.410 e. The van der Waals surface area contributed by atoms with Crippen molar-refractivity contribution in [2.75, 3.05) is 26.2 Å². The third-order valence-corrected chi connectivity index (χ3v) is 5.02. The number of piperazine rings is 1. The number of aliphatic imine (C=N–C) groups is 1. The molecule has 0 bridgehead atoms. The first-order valence-electron chi connectivity index (χ1n) is 10.1. The molecule has 1 aromatic carbocycles. The number of ether oxygens (including phenoxy) is 1. The fraction of sp³-hybridized carbons (Fsp3) is 0.476. The zero-order valence-electron chi connectivity index (χ0n) is 17.9. The summed E-state index contributed by atoms with van der Waals surface area (Å²) < 4.78 is 20.3. The Kier molecular flexibility index (Phi) is 7.07. The van der Waals surface area contributed by atoms with E-state index >= 15 is 0 Å². The van der Waals surface area contributed by atoms with E-state index in [0.29, 0.717) is 32.7 Å². The van der Waals surface area contributed by atoms with Crippen molar-refractivity contribution in [1.29, 1.82) is 0 Å². The first-order valence-corrected chi connectivity index (χ1v) is 10.1. The summed E-state index contributed by atoms with van der Waals surface area (Å²) in [6.07, 6.45) is 1.58. The molecule has 10 heteroatoms. The molecule has 3 heterocycles. The van der Waals surface area contributed by atoms with E-state index in [4.69, 9.17) is 4.74 Å². The molecule has 1 unspecified atom stereocenters. The van der Waals surface area contributed by atoms with Gasteiger partial charge in [-0.15, -0.1) is 24.0 Å². The second-order valence-electron chi connectivity index (χ2n) is 8.52. The van der Waals surface area contributed by atoms with Crippen molar-refractivity contribution in [3.8, 4) is 5.69 Å². The summed E-state index contributed by atoms with van der Waals surface area (Å²) in [7, 11) is 0. The maximum absolute atomic E-state index is 13.1. The van der Waals surface area contributed by atoms with E-state index in [-0.39, 0.29) is 41.9 Å². The summed E-state index contributed by atoms with van der Waals surface area (Å²) in [6.45, 7) is 8.71. The largest absolute Gasteiger partial charge is 0.444 e. The first kappa shape index (κ1) is 23.3. The number of carbonyl (C=O) groups is 1. The van der Waals surface area contributed by atoms with E-state index in [1.165, 1.54) is 12.1 Å². The lowest BCUT2D eigenvalue weighted by atomic mass is 10.2. The molecule has 1 fully saturated rings. The molecule has 2 aromatic rings. The van der Waals surface area contributed by atoms with Crippen molar-refractivity contribution in [3.05, 3.63) is 48.0 Å². The van der Waals surface area contributed by atoms with Crippen molar-refractivity contribution < 1.29 is 13.9 Å². The summed E-state index contributed by atoms with van der Waals surface area (Å²) in [5.74, 6) is 0.563. The minimum atomic E-state index is -0.496. The first-order chi connectivity index (χ1) is 14.3. The van der Waals surface area contributed by atoms with Crippen LogP contribution in [0.2, 0.25) is 0 Å². The van der Waals surface area contributed by atoms with Gasteiger partial charge >= 0.3 is 6.09 Å². The number of carbonyl (C=O) groups excluding carboxylic acids is 1. The normalized spacial score (nSPS) is 18.2. The van der Waals surface area contributed by atoms with Gasteiger partial charge in [0.15, 0.2) is 5.96 Å². The average Bonchev–Trinajstić information content (AvgIpc) is 3.32. The highest BCUT2D eigenvalue weighted by molar-refractivity contribution is 14.0. The number of benzene rings is 1. The number of hydrogen-bond donors (Lipinski definition) is 1. The highest BCUT2D eigenvalue weighted by atomic mass is 127. The van der Waals surface area contributed by atoms with Crippen LogP contribution in [0.15, 0.2) is 41.5 Å². The maximum atomic E-state index is 13.1. The molecule has 8 nitrogen and oxygen atoms in total. The van der Waals surface area contributed by atoms with Gasteiger partial charge in [0, 0.05) is 25.8 Å². The molecule has 1 amide bonds. The lowest BCUT2D eigenvalue weighted by Crippen LogP contribution is -2.57. The smallest absolute Gasteiger partial charge is 0.410 e. The quantitative estimate of drug-likeness (QED) is 0.604. The Labute approximate surface area is 198 Å². The number of halogens is 2. The van der Waals surface area contributed by atoms with Gasteiger partial charge < -0.3 is 19.9 Å². The number of hydrogen-bond acceptors (Lipinski definition) is 6. The molecule has 1 saturated heterocycles. The Bertz CT molecular complexity index is 940. The molecule has 1 atom stereocenters. The Morgan fingerprint density at radius 1 is 1.23 bits per heavy atom. The van der Waals surface area contributed by atoms with Gasteiger partial charge in [-0.25, -0.2) is 13.9 Å². The SMILES string of the molecule is CC(C)(C)OC(=O)N1CCN2C(NCc3ccn(-c4ccc(F)cc4)n3)=NCC2C1.I. The molecular formula is C21H28FIN6O2. The second-order valence-corrected chi connectivity index (χ2v) is 8.52. The zero-order valence-corrected chi connectivity index (χ0v) is 20.2. The molecule has 2 aliphatic rings. The molecule has 0 saturated carbocycles. The predicted octanol–water partition coefficient (Wildman–Crippen LogP) is 3.01. The van der Waals surface area contributed by atoms with Crippen LogP contribution in [-0.2, 0) is 11.3 Å². The Morgan fingerprint density at radius 3 is 2.68 bits per heavy atom. The minimum Gasteiger partial charge on any atom is -0.444 e. The number of guanidine groups is 1. The van der Waals surface area contributed by atoms with Crippen LogP contribution in [0.25, 0.3) is 5.69 Å². The summed E-state index contributed by atoms with van der Waals surface area (Å²) in [4.78, 5) is 20.9. The number of rotatable bonds is 3. The van der Waals surface area contributed by atoms with E-state index in [1.54, 1.807) is 21.7 Å². The van der Waals surface area contributed by atoms with Gasteiger partial charge in [-0.05, 0) is 51.1 Å². The topological polar surface area (TPSA) is 75.0 Å². The van der Waals surface area contributed by atoms with Crippen LogP contribution >= 0.6 is 24.0 Å². The van der Waals surface area contributed by atoms with Crippen LogP contribution in [0.5, 0.6) is 0 Å². The Balaban J connectivity index is 0.00000272. The monoisotopic (exact) mass is 542 g/mol. The third kappa shape index (κ3) is 5.66. The van der Waals surface area contributed by atoms with Gasteiger partial charge in [0.2, 0.25) is 0 Å². The van der Waals surface area contributed by atoms with Crippen LogP contribution in [0.4, 0.5) is 9.18 Å². The van der Waals surface area contributed by atoms with Gasteiger partial charge in [0.25, 0.3) is 0 Å². The summed E-state index contributed by atoms with van der Waals surface area (Å²) in [5, 5.41) is 7.89. The zero-order chi connectivity index (χ0) is 21.3. The van der Waals surface area contributed by atoms with Gasteiger partial charge in [0.05, 0.1) is 30.5 Å². The van der Waals surface area contributed by atoms with E-state index in [1.807, 2.05) is 33.0 Å². The molecule has 4 rings (SSSR count). The number of amides is 1. The molecule has 2 aliphatic heterocycles. The van der Waals surface area contributed by atoms with Crippen LogP contribution in [0, 0.1) is 5.82 Å². The standard InChI is InChI=1S/C21H27FN6O2.HI/c1-21(2,3)30-20(29)26-10-11-27-18(14-26)13-24-19(27)23-12-16-8-9-28(25-16)17-6-4-15(22)5-7-17;/h4-9,18H,10-14H2,1-3H3,(H,23,24);1H. The fourth-order valence-electron chi connectivity index (χ4n) is 3.59. The van der Waals surface area contributed by atoms with Gasteiger partial charge in [-0.3, -0.25) is 4.99 Å². The van der Waals surface area contributed by atoms with Gasteiger partial charge in [-0.1, -0.05) is 0 Å². The Morgan fingerprint density at radius 2 is 1.97 bits per heavy atom. The van der Waals surface area contributed by atoms with Crippen molar-refractivity contribution in [1.82, 2.24) is 24.9 Å². The van der Waals surface area contributed by atoms with Crippen molar-refractivity contribution >= 4 is 36.0 Å². The van der Waals surface area contributed by atoms with Crippen LogP contribution < -0.4 is 5.32 Å². The summed E-state index contributed by atoms with van der Waals surface area (Å²) in [6, 6.07) is 8.29. The molecule has 31 heavy (non-hydrogen) atoms. The average molecular weight is 542 g/mol. The van der Waals surface area contributed by atoms with Crippen molar-refractivity contribution in [3.63, 3.8) is 0 Å². The second kappa shape index (κ2) is 9.41. The van der Waals surface area contributed by atoms with Crippen molar-refractivity contribution in [2.45, 2.75) is 39.0 Å². The van der Waals surface area contributed by atoms with E-state index in [9.17, 15) is 9.18 Å². The minimum absolute atomic E-state index is 0. The Hall–Kier alpha value is -2.37. The lowest BCUT2D eigenvalue weighted by Gasteiger charge is -2.39. The lowest BCUT2D eigenvalue weighted by molar-refractivity contribution is 0.0137. The van der Waals surface area contributed by atoms with Crippen molar-refractivity contribution in [2.24, 2.45) is 4.99 Å². The predicted molar refractivity (Wildman–Crippen MR) is 126 cm³/mol. The van der Waals surface area contributed by atoms with Crippen LogP contribution in [0.1, 0.15) is 26.5 Å². The van der Waals surface area contributed by atoms with Crippen LogP contribution in [-0.4, -0.2) is 69.5 Å². The third-order valence-electron chi connectivity index (χ3n) is 5.02. The highest BCUT2D eigenvalue weighted by Gasteiger charge is 2.36. The van der Waals surface area contributed by atoms with Gasteiger partial charge in [0.1, 0.15) is 11.4 Å². The molecule has 168 valence electrons. The van der Waals surface area contributed by atoms with Crippen LogP contribution in [0.3, 0.4) is 0 Å². The van der Waals surface area contributed by atoms with Gasteiger partial charge in [-0.2, -0.15) is 5.10 Å². The molecular weight excluding hydrogens is 514 g/mol. The molecule has 1 N–H and O–H groups in total. The number of aromatic nitrogens is 2. The highest BCUT2D eigenvalue weighted by Crippen LogP contribution is 2.19. The number of fused-ring (bicyclic) bond motifs is 1. The molecule has 0 spiro atoms. The summed E-state index contributed by atoms with van der Waals surface area (Å²) in [5.41, 5.74) is 1.17. The summed E-state index contributed by atoms with van der Waals surface area (Å²) >= 11 is 0. The number of nitrogens with one attached hydrogen (secondary N) is 1. The van der Waals surface area contributed by atoms with E-state index in [0.717, 1.165) is 17.3 Å². The molecule has 0 radical (unpaired) electrons. The van der Waals surface area contributed by atoms with E-state index < -0.39 is 5.60 Å². The number of nitrogens with zero attached hydrogens (tertiary/aromatic N) is 5. The molecule has 1 aromatic heterocycles.